The highest BCUT2D eigenvalue weighted by atomic mass is 16.5. The number of ether oxygens (including phenoxy) is 1. The fraction of sp³-hybridized carbons (Fsp3) is 0.333. The summed E-state index contributed by atoms with van der Waals surface area (Å²) in [4.78, 5) is 25.1. The van der Waals surface area contributed by atoms with Crippen molar-refractivity contribution in [3.63, 3.8) is 0 Å². The zero-order valence-corrected chi connectivity index (χ0v) is 14.6. The number of benzene rings is 2. The van der Waals surface area contributed by atoms with Crippen molar-refractivity contribution in [3.05, 3.63) is 65.2 Å². The van der Waals surface area contributed by atoms with E-state index >= 15 is 0 Å². The molecule has 1 saturated carbocycles. The van der Waals surface area contributed by atoms with Crippen LogP contribution in [0.3, 0.4) is 0 Å². The van der Waals surface area contributed by atoms with Crippen LogP contribution < -0.4 is 5.32 Å². The molecule has 4 heteroatoms. The SMILES string of the molecule is Cc1cc(C)cc(NC(=O)C(OC(=O)C2CCC2)c2ccccc2)c1. The van der Waals surface area contributed by atoms with E-state index in [2.05, 4.69) is 5.32 Å². The molecule has 0 aromatic heterocycles. The van der Waals surface area contributed by atoms with Gasteiger partial charge in [-0.25, -0.2) is 0 Å². The van der Waals surface area contributed by atoms with Crippen LogP contribution in [0.5, 0.6) is 0 Å². The molecule has 0 spiro atoms. The molecular formula is C21H23NO3. The fourth-order valence-corrected chi connectivity index (χ4v) is 3.01. The molecule has 1 aliphatic carbocycles. The molecule has 1 unspecified atom stereocenters. The molecule has 2 aromatic rings. The molecule has 25 heavy (non-hydrogen) atoms. The van der Waals surface area contributed by atoms with Gasteiger partial charge in [0.05, 0.1) is 5.92 Å². The van der Waals surface area contributed by atoms with Crippen LogP contribution in [0.15, 0.2) is 48.5 Å². The van der Waals surface area contributed by atoms with Gasteiger partial charge in [-0.2, -0.15) is 0 Å². The Hall–Kier alpha value is -2.62. The molecule has 2 aromatic carbocycles. The Labute approximate surface area is 148 Å². The van der Waals surface area contributed by atoms with Crippen molar-refractivity contribution in [2.24, 2.45) is 5.92 Å². The van der Waals surface area contributed by atoms with Crippen molar-refractivity contribution in [1.82, 2.24) is 0 Å². The highest BCUT2D eigenvalue weighted by molar-refractivity contribution is 5.96. The van der Waals surface area contributed by atoms with Crippen LogP contribution in [0.2, 0.25) is 0 Å². The molecule has 1 fully saturated rings. The number of amides is 1. The van der Waals surface area contributed by atoms with E-state index in [1.165, 1.54) is 0 Å². The van der Waals surface area contributed by atoms with Crippen LogP contribution in [-0.4, -0.2) is 11.9 Å². The van der Waals surface area contributed by atoms with E-state index < -0.39 is 6.10 Å². The molecule has 1 atom stereocenters. The summed E-state index contributed by atoms with van der Waals surface area (Å²) < 4.78 is 5.58. The largest absolute Gasteiger partial charge is 0.447 e. The third kappa shape index (κ3) is 4.27. The quantitative estimate of drug-likeness (QED) is 0.826. The van der Waals surface area contributed by atoms with E-state index in [0.29, 0.717) is 11.3 Å². The summed E-state index contributed by atoms with van der Waals surface area (Å²) in [6.07, 6.45) is 1.80. The summed E-state index contributed by atoms with van der Waals surface area (Å²) in [5.74, 6) is -0.681. The Bertz CT molecular complexity index is 746. The van der Waals surface area contributed by atoms with Gasteiger partial charge in [-0.05, 0) is 49.9 Å². The minimum atomic E-state index is -0.935. The monoisotopic (exact) mass is 337 g/mol. The molecule has 0 saturated heterocycles. The van der Waals surface area contributed by atoms with E-state index in [1.807, 2.05) is 50.2 Å². The van der Waals surface area contributed by atoms with Crippen LogP contribution in [0.25, 0.3) is 0 Å². The lowest BCUT2D eigenvalue weighted by atomic mass is 9.85. The van der Waals surface area contributed by atoms with Crippen LogP contribution in [0.1, 0.15) is 42.1 Å². The molecule has 0 radical (unpaired) electrons. The van der Waals surface area contributed by atoms with Crippen LogP contribution >= 0.6 is 0 Å². The van der Waals surface area contributed by atoms with Crippen molar-refractivity contribution < 1.29 is 14.3 Å². The first-order chi connectivity index (χ1) is 12.0. The molecule has 0 aliphatic heterocycles. The molecule has 0 bridgehead atoms. The summed E-state index contributed by atoms with van der Waals surface area (Å²) in [6.45, 7) is 3.96. The second-order valence-corrected chi connectivity index (χ2v) is 6.72. The summed E-state index contributed by atoms with van der Waals surface area (Å²) >= 11 is 0. The minimum absolute atomic E-state index is 0.0692. The lowest BCUT2D eigenvalue weighted by Crippen LogP contribution is -2.31. The topological polar surface area (TPSA) is 55.4 Å². The lowest BCUT2D eigenvalue weighted by Gasteiger charge is -2.26. The zero-order valence-electron chi connectivity index (χ0n) is 14.6. The van der Waals surface area contributed by atoms with Gasteiger partial charge in [0.15, 0.2) is 0 Å². The Morgan fingerprint density at radius 3 is 2.24 bits per heavy atom. The first kappa shape index (κ1) is 17.2. The first-order valence-corrected chi connectivity index (χ1v) is 8.67. The van der Waals surface area contributed by atoms with Gasteiger partial charge in [-0.15, -0.1) is 0 Å². The zero-order chi connectivity index (χ0) is 17.8. The third-order valence-electron chi connectivity index (χ3n) is 4.50. The molecule has 0 heterocycles. The van der Waals surface area contributed by atoms with Gasteiger partial charge in [-0.1, -0.05) is 42.8 Å². The number of rotatable bonds is 5. The summed E-state index contributed by atoms with van der Waals surface area (Å²) in [6, 6.07) is 15.0. The van der Waals surface area contributed by atoms with Gasteiger partial charge < -0.3 is 10.1 Å². The summed E-state index contributed by atoms with van der Waals surface area (Å²) in [7, 11) is 0. The molecule has 130 valence electrons. The highest BCUT2D eigenvalue weighted by Crippen LogP contribution is 2.30. The lowest BCUT2D eigenvalue weighted by molar-refractivity contribution is -0.161. The number of aryl methyl sites for hydroxylation is 2. The van der Waals surface area contributed by atoms with E-state index in [-0.39, 0.29) is 17.8 Å². The Balaban J connectivity index is 1.80. The number of carbonyl (C=O) groups is 2. The molecule has 1 amide bonds. The number of hydrogen-bond acceptors (Lipinski definition) is 3. The Morgan fingerprint density at radius 1 is 1.04 bits per heavy atom. The van der Waals surface area contributed by atoms with Gasteiger partial charge in [0, 0.05) is 11.3 Å². The number of esters is 1. The van der Waals surface area contributed by atoms with E-state index in [4.69, 9.17) is 4.74 Å². The second kappa shape index (κ2) is 7.51. The van der Waals surface area contributed by atoms with Crippen molar-refractivity contribution in [3.8, 4) is 0 Å². The van der Waals surface area contributed by atoms with Crippen molar-refractivity contribution in [2.45, 2.75) is 39.2 Å². The smallest absolute Gasteiger partial charge is 0.310 e. The number of hydrogen-bond donors (Lipinski definition) is 1. The molecule has 4 nitrogen and oxygen atoms in total. The maximum Gasteiger partial charge on any atom is 0.310 e. The van der Waals surface area contributed by atoms with Gasteiger partial charge in [-0.3, -0.25) is 9.59 Å². The van der Waals surface area contributed by atoms with Crippen molar-refractivity contribution in [2.75, 3.05) is 5.32 Å². The molecular weight excluding hydrogens is 314 g/mol. The van der Waals surface area contributed by atoms with Gasteiger partial charge >= 0.3 is 5.97 Å². The Kier molecular flexibility index (Phi) is 5.17. The predicted molar refractivity (Wildman–Crippen MR) is 97.2 cm³/mol. The van der Waals surface area contributed by atoms with E-state index in [0.717, 1.165) is 30.4 Å². The standard InChI is InChI=1S/C21H23NO3/c1-14-11-15(2)13-18(12-14)22-20(23)19(16-7-4-3-5-8-16)25-21(24)17-9-6-10-17/h3-5,7-8,11-13,17,19H,6,9-10H2,1-2H3,(H,22,23). The average molecular weight is 337 g/mol. The predicted octanol–water partition coefficient (Wildman–Crippen LogP) is 4.33. The van der Waals surface area contributed by atoms with Crippen LogP contribution in [-0.2, 0) is 14.3 Å². The van der Waals surface area contributed by atoms with E-state index in [9.17, 15) is 9.59 Å². The number of anilines is 1. The van der Waals surface area contributed by atoms with Gasteiger partial charge in [0.1, 0.15) is 0 Å². The third-order valence-corrected chi connectivity index (χ3v) is 4.50. The molecule has 3 rings (SSSR count). The maximum absolute atomic E-state index is 12.8. The minimum Gasteiger partial charge on any atom is -0.447 e. The molecule has 1 N–H and O–H groups in total. The van der Waals surface area contributed by atoms with Gasteiger partial charge in [0.2, 0.25) is 6.10 Å². The fourth-order valence-electron chi connectivity index (χ4n) is 3.01. The molecule has 1 aliphatic rings. The van der Waals surface area contributed by atoms with Crippen molar-refractivity contribution in [1.29, 1.82) is 0 Å². The van der Waals surface area contributed by atoms with Crippen LogP contribution in [0, 0.1) is 19.8 Å². The summed E-state index contributed by atoms with van der Waals surface area (Å²) in [5.41, 5.74) is 3.52. The Morgan fingerprint density at radius 2 is 1.68 bits per heavy atom. The van der Waals surface area contributed by atoms with E-state index in [1.54, 1.807) is 12.1 Å². The highest BCUT2D eigenvalue weighted by Gasteiger charge is 2.32. The maximum atomic E-state index is 12.8. The average Bonchev–Trinajstić information content (AvgIpc) is 2.50. The normalized spacial score (nSPS) is 15.1. The van der Waals surface area contributed by atoms with Gasteiger partial charge in [0.25, 0.3) is 5.91 Å². The second-order valence-electron chi connectivity index (χ2n) is 6.72. The number of nitrogens with one attached hydrogen (secondary N) is 1. The van der Waals surface area contributed by atoms with Crippen molar-refractivity contribution >= 4 is 17.6 Å². The first-order valence-electron chi connectivity index (χ1n) is 8.67. The summed E-state index contributed by atoms with van der Waals surface area (Å²) in [5, 5.41) is 2.89. The van der Waals surface area contributed by atoms with Crippen LogP contribution in [0.4, 0.5) is 5.69 Å². The number of carbonyl (C=O) groups excluding carboxylic acids is 2.